The summed E-state index contributed by atoms with van der Waals surface area (Å²) in [6.07, 6.45) is -4.52. The molecule has 0 aliphatic heterocycles. The Hall–Kier alpha value is -1.21. The van der Waals surface area contributed by atoms with Gasteiger partial charge >= 0.3 is 6.18 Å². The number of aromatic nitrogens is 1. The zero-order valence-corrected chi connectivity index (χ0v) is 9.34. The van der Waals surface area contributed by atoms with E-state index in [1.807, 2.05) is 0 Å². The number of para-hydroxylation sites is 1. The van der Waals surface area contributed by atoms with Crippen LogP contribution in [0, 0.1) is 0 Å². The van der Waals surface area contributed by atoms with Crippen LogP contribution in [0.4, 0.5) is 18.3 Å². The van der Waals surface area contributed by atoms with Crippen molar-refractivity contribution in [1.29, 1.82) is 0 Å². The topological polar surface area (TPSA) is 24.9 Å². The molecule has 2 aromatic rings. The third-order valence-corrected chi connectivity index (χ3v) is 3.06. The van der Waals surface area contributed by atoms with Crippen molar-refractivity contribution in [2.24, 2.45) is 0 Å². The molecule has 0 saturated heterocycles. The Labute approximate surface area is 98.1 Å². The smallest absolute Gasteiger partial charge is 0.318 e. The lowest BCUT2D eigenvalue weighted by Gasteiger charge is -2.07. The van der Waals surface area contributed by atoms with E-state index < -0.39 is 11.2 Å². The van der Waals surface area contributed by atoms with Crippen LogP contribution in [0.15, 0.2) is 24.3 Å². The molecule has 2 nitrogen and oxygen atoms in total. The number of hydrogen-bond donors (Lipinski definition) is 1. The predicted octanol–water partition coefficient (Wildman–Crippen LogP) is 3.60. The van der Waals surface area contributed by atoms with Gasteiger partial charge in [-0.1, -0.05) is 35.7 Å². The zero-order valence-electron chi connectivity index (χ0n) is 7.71. The van der Waals surface area contributed by atoms with E-state index in [9.17, 15) is 13.2 Å². The maximum atomic E-state index is 12.2. The van der Waals surface area contributed by atoms with E-state index in [0.717, 1.165) is 16.0 Å². The minimum Gasteiger partial charge on any atom is -0.318 e. The van der Waals surface area contributed by atoms with E-state index in [4.69, 9.17) is 0 Å². The molecule has 2 rings (SSSR count). The molecule has 16 heavy (non-hydrogen) atoms. The zero-order chi connectivity index (χ0) is 11.8. The molecule has 0 radical (unpaired) electrons. The first-order valence-electron chi connectivity index (χ1n) is 4.20. The minimum atomic E-state index is -4.52. The molecular weight excluding hydrogens is 257 g/mol. The number of nitrogens with one attached hydrogen (secondary N) is 1. The van der Waals surface area contributed by atoms with Crippen LogP contribution in [-0.4, -0.2) is 16.1 Å². The lowest BCUT2D eigenvalue weighted by atomic mass is 10.3. The van der Waals surface area contributed by atoms with Crippen LogP contribution in [0.2, 0.25) is 0 Å². The number of alkyl halides is 3. The van der Waals surface area contributed by atoms with Crippen molar-refractivity contribution >= 4 is 43.9 Å². The Morgan fingerprint density at radius 1 is 1.31 bits per heavy atom. The molecule has 84 valence electrons. The first kappa shape index (κ1) is 11.3. The standard InChI is InChI=1S/C9H5F3N2S2/c10-9(11,12)7(15)14-8-13-5-3-1-2-4-6(5)16-8/h1-4H,(H,13,14,15). The average molecular weight is 262 g/mol. The molecule has 0 fully saturated rings. The summed E-state index contributed by atoms with van der Waals surface area (Å²) < 4.78 is 37.3. The Morgan fingerprint density at radius 3 is 2.62 bits per heavy atom. The molecule has 1 N–H and O–H groups in total. The first-order chi connectivity index (χ1) is 7.47. The van der Waals surface area contributed by atoms with Gasteiger partial charge in [0.1, 0.15) is 0 Å². The molecule has 0 atom stereocenters. The second-order valence-corrected chi connectivity index (χ2v) is 4.38. The van der Waals surface area contributed by atoms with Crippen molar-refractivity contribution in [3.63, 3.8) is 0 Å². The summed E-state index contributed by atoms with van der Waals surface area (Å²) in [5, 5.41) is 2.24. The van der Waals surface area contributed by atoms with Gasteiger partial charge in [0.25, 0.3) is 0 Å². The summed E-state index contributed by atoms with van der Waals surface area (Å²) in [5.41, 5.74) is 0.653. The molecule has 0 bridgehead atoms. The van der Waals surface area contributed by atoms with Gasteiger partial charge in [0.2, 0.25) is 0 Å². The fourth-order valence-electron chi connectivity index (χ4n) is 1.09. The highest BCUT2D eigenvalue weighted by Gasteiger charge is 2.34. The van der Waals surface area contributed by atoms with E-state index in [0.29, 0.717) is 5.52 Å². The maximum Gasteiger partial charge on any atom is 0.441 e. The van der Waals surface area contributed by atoms with Crippen molar-refractivity contribution < 1.29 is 13.2 Å². The van der Waals surface area contributed by atoms with Gasteiger partial charge in [-0.2, -0.15) is 13.2 Å². The van der Waals surface area contributed by atoms with Crippen LogP contribution < -0.4 is 5.32 Å². The second-order valence-electron chi connectivity index (χ2n) is 2.94. The number of anilines is 1. The summed E-state index contributed by atoms with van der Waals surface area (Å²) in [5.74, 6) is 0. The Morgan fingerprint density at radius 2 is 2.00 bits per heavy atom. The van der Waals surface area contributed by atoms with Gasteiger partial charge < -0.3 is 5.32 Å². The van der Waals surface area contributed by atoms with E-state index in [1.54, 1.807) is 24.3 Å². The molecule has 7 heteroatoms. The van der Waals surface area contributed by atoms with Crippen molar-refractivity contribution in [1.82, 2.24) is 4.98 Å². The largest absolute Gasteiger partial charge is 0.441 e. The molecule has 0 aliphatic rings. The number of rotatable bonds is 1. The number of halogens is 3. The summed E-state index contributed by atoms with van der Waals surface area (Å²) in [6.45, 7) is 0. The van der Waals surface area contributed by atoms with Crippen LogP contribution in [-0.2, 0) is 0 Å². The Balaban J connectivity index is 2.25. The number of nitrogens with zero attached hydrogens (tertiary/aromatic N) is 1. The van der Waals surface area contributed by atoms with Crippen molar-refractivity contribution in [3.8, 4) is 0 Å². The Kier molecular flexibility index (Phi) is 2.81. The maximum absolute atomic E-state index is 12.2. The van der Waals surface area contributed by atoms with E-state index in [-0.39, 0.29) is 5.13 Å². The van der Waals surface area contributed by atoms with Gasteiger partial charge in [0, 0.05) is 0 Å². The van der Waals surface area contributed by atoms with Crippen LogP contribution in [0.3, 0.4) is 0 Å². The summed E-state index contributed by atoms with van der Waals surface area (Å²) >= 11 is 5.34. The summed E-state index contributed by atoms with van der Waals surface area (Å²) in [7, 11) is 0. The van der Waals surface area contributed by atoms with E-state index in [2.05, 4.69) is 22.5 Å². The SMILES string of the molecule is FC(F)(F)C(=S)Nc1nc2ccccc2s1. The van der Waals surface area contributed by atoms with Gasteiger partial charge in [-0.3, -0.25) is 0 Å². The van der Waals surface area contributed by atoms with Gasteiger partial charge in [0.15, 0.2) is 10.1 Å². The number of thiazole rings is 1. The third-order valence-electron chi connectivity index (χ3n) is 1.77. The highest BCUT2D eigenvalue weighted by molar-refractivity contribution is 7.80. The number of thiocarbonyl (C=S) groups is 1. The average Bonchev–Trinajstić information content (AvgIpc) is 2.58. The monoisotopic (exact) mass is 262 g/mol. The third kappa shape index (κ3) is 2.30. The fraction of sp³-hybridized carbons (Fsp3) is 0.111. The molecule has 1 heterocycles. The molecule has 0 aliphatic carbocycles. The molecule has 1 aromatic carbocycles. The lowest BCUT2D eigenvalue weighted by molar-refractivity contribution is -0.0562. The van der Waals surface area contributed by atoms with E-state index in [1.165, 1.54) is 0 Å². The van der Waals surface area contributed by atoms with Crippen LogP contribution in [0.5, 0.6) is 0 Å². The van der Waals surface area contributed by atoms with Gasteiger partial charge in [-0.25, -0.2) is 4.98 Å². The summed E-state index contributed by atoms with van der Waals surface area (Å²) in [6, 6.07) is 7.09. The van der Waals surface area contributed by atoms with Gasteiger partial charge in [-0.05, 0) is 12.1 Å². The normalized spacial score (nSPS) is 11.7. The highest BCUT2D eigenvalue weighted by atomic mass is 32.1. The minimum absolute atomic E-state index is 0.156. The van der Waals surface area contributed by atoms with Gasteiger partial charge in [0.05, 0.1) is 10.2 Å². The molecule has 1 aromatic heterocycles. The quantitative estimate of drug-likeness (QED) is 0.795. The predicted molar refractivity (Wildman–Crippen MR) is 61.9 cm³/mol. The molecule has 0 spiro atoms. The molecule has 0 amide bonds. The van der Waals surface area contributed by atoms with Crippen LogP contribution in [0.25, 0.3) is 10.2 Å². The lowest BCUT2D eigenvalue weighted by Crippen LogP contribution is -2.27. The second kappa shape index (κ2) is 3.99. The Bertz CT molecular complexity index is 500. The fourth-order valence-corrected chi connectivity index (χ4v) is 2.13. The number of hydrogen-bond acceptors (Lipinski definition) is 3. The highest BCUT2D eigenvalue weighted by Crippen LogP contribution is 2.27. The molecule has 0 saturated carbocycles. The van der Waals surface area contributed by atoms with Crippen molar-refractivity contribution in [3.05, 3.63) is 24.3 Å². The molecule has 0 unspecified atom stereocenters. The van der Waals surface area contributed by atoms with Crippen LogP contribution in [0.1, 0.15) is 0 Å². The summed E-state index contributed by atoms with van der Waals surface area (Å²) in [4.78, 5) is 2.81. The molecular formula is C9H5F3N2S2. The number of fused-ring (bicyclic) bond motifs is 1. The number of benzene rings is 1. The van der Waals surface area contributed by atoms with Crippen molar-refractivity contribution in [2.45, 2.75) is 6.18 Å². The van der Waals surface area contributed by atoms with Crippen molar-refractivity contribution in [2.75, 3.05) is 5.32 Å². The van der Waals surface area contributed by atoms with E-state index >= 15 is 0 Å². The first-order valence-corrected chi connectivity index (χ1v) is 5.43. The van der Waals surface area contributed by atoms with Gasteiger partial charge in [-0.15, -0.1) is 0 Å². The van der Waals surface area contributed by atoms with Crippen LogP contribution >= 0.6 is 23.6 Å².